The molecule has 160 valence electrons. The molecule has 0 aromatic carbocycles. The molecule has 3 fully saturated rings. The second kappa shape index (κ2) is 9.42. The number of hydrogen-bond donors (Lipinski definition) is 2. The van der Waals surface area contributed by atoms with Crippen LogP contribution >= 0.6 is 0 Å². The molecule has 0 spiro atoms. The maximum atomic E-state index is 11.9. The lowest BCUT2D eigenvalue weighted by Gasteiger charge is -2.28. The molecule has 3 heterocycles. The van der Waals surface area contributed by atoms with Gasteiger partial charge >= 0.3 is 12.1 Å². The van der Waals surface area contributed by atoms with E-state index in [0.29, 0.717) is 13.2 Å². The Morgan fingerprint density at radius 1 is 1.21 bits per heavy atom. The molecule has 0 aromatic heterocycles. The number of fused-ring (bicyclic) bond motifs is 2. The van der Waals surface area contributed by atoms with Gasteiger partial charge in [-0.2, -0.15) is 0 Å². The third-order valence-corrected chi connectivity index (χ3v) is 4.71. The van der Waals surface area contributed by atoms with Crippen LogP contribution in [0.4, 0.5) is 9.59 Å². The number of piperidine rings is 1. The quantitative estimate of drug-likeness (QED) is 0.551. The first kappa shape index (κ1) is 22.2. The average molecular weight is 400 g/mol. The summed E-state index contributed by atoms with van der Waals surface area (Å²) in [6, 6.07) is -0.185. The highest BCUT2D eigenvalue weighted by Gasteiger charge is 2.39. The van der Waals surface area contributed by atoms with Gasteiger partial charge in [0.2, 0.25) is 5.91 Å². The van der Waals surface area contributed by atoms with Gasteiger partial charge in [-0.15, -0.1) is 0 Å². The second-order valence-electron chi connectivity index (χ2n) is 8.31. The zero-order valence-corrected chi connectivity index (χ0v) is 17.1. The van der Waals surface area contributed by atoms with Gasteiger partial charge in [0.1, 0.15) is 5.60 Å². The maximum absolute atomic E-state index is 11.9. The summed E-state index contributed by atoms with van der Waals surface area (Å²) >= 11 is 0. The third-order valence-electron chi connectivity index (χ3n) is 4.71. The monoisotopic (exact) mass is 400 g/mol. The van der Waals surface area contributed by atoms with Gasteiger partial charge in [0.05, 0.1) is 18.7 Å². The number of hydrogen-bond acceptors (Lipinski definition) is 6. The van der Waals surface area contributed by atoms with Gasteiger partial charge in [-0.05, 0) is 46.5 Å². The van der Waals surface area contributed by atoms with Crippen molar-refractivity contribution in [3.05, 3.63) is 0 Å². The summed E-state index contributed by atoms with van der Waals surface area (Å²) in [4.78, 5) is 42.0. The summed E-state index contributed by atoms with van der Waals surface area (Å²) in [5.41, 5.74) is 1.77. The van der Waals surface area contributed by atoms with Crippen LogP contribution in [0.15, 0.2) is 0 Å². The molecular formula is C18H32N4O6. The number of carbonyl (C=O) groups is 3. The highest BCUT2D eigenvalue weighted by atomic mass is 16.7. The molecule has 3 aliphatic heterocycles. The molecule has 10 nitrogen and oxygen atoms in total. The van der Waals surface area contributed by atoms with Crippen molar-refractivity contribution in [2.75, 3.05) is 26.2 Å². The molecule has 28 heavy (non-hydrogen) atoms. The fraction of sp³-hybridized carbons (Fsp3) is 0.833. The molecular weight excluding hydrogens is 368 g/mol. The van der Waals surface area contributed by atoms with Crippen molar-refractivity contribution in [3.8, 4) is 0 Å². The van der Waals surface area contributed by atoms with Crippen LogP contribution in [0.5, 0.6) is 0 Å². The Bertz CT molecular complexity index is 575. The molecule has 0 unspecified atom stereocenters. The van der Waals surface area contributed by atoms with Crippen LogP contribution in [0.1, 0.15) is 53.4 Å². The highest BCUT2D eigenvalue weighted by Crippen LogP contribution is 2.23. The number of urea groups is 1. The Labute approximate surface area is 165 Å². The molecule has 4 amide bonds. The molecule has 3 saturated heterocycles. The summed E-state index contributed by atoms with van der Waals surface area (Å²) in [7, 11) is 0. The molecule has 2 bridgehead atoms. The van der Waals surface area contributed by atoms with E-state index in [2.05, 4.69) is 5.48 Å². The topological polar surface area (TPSA) is 112 Å². The van der Waals surface area contributed by atoms with Crippen LogP contribution in [0.3, 0.4) is 0 Å². The van der Waals surface area contributed by atoms with E-state index in [1.165, 1.54) is 6.92 Å². The largest absolute Gasteiger partial charge is 0.444 e. The van der Waals surface area contributed by atoms with Gasteiger partial charge in [0.15, 0.2) is 0 Å². The van der Waals surface area contributed by atoms with Crippen LogP contribution in [0.2, 0.25) is 0 Å². The second-order valence-corrected chi connectivity index (χ2v) is 8.31. The Hall–Kier alpha value is -2.07. The molecule has 10 heteroatoms. The van der Waals surface area contributed by atoms with E-state index in [0.717, 1.165) is 43.8 Å². The van der Waals surface area contributed by atoms with E-state index in [9.17, 15) is 14.4 Å². The molecule has 2 atom stereocenters. The number of hydroxylamine groups is 3. The van der Waals surface area contributed by atoms with Crippen molar-refractivity contribution in [2.45, 2.75) is 71.1 Å². The number of nitrogens with zero attached hydrogens (tertiary/aromatic N) is 3. The van der Waals surface area contributed by atoms with Gasteiger partial charge in [0, 0.05) is 26.6 Å². The molecule has 3 rings (SSSR count). The lowest BCUT2D eigenvalue weighted by molar-refractivity contribution is -0.132. The molecule has 0 radical (unpaired) electrons. The van der Waals surface area contributed by atoms with Crippen LogP contribution in [-0.4, -0.2) is 82.0 Å². The number of ether oxygens (including phenoxy) is 1. The van der Waals surface area contributed by atoms with Gasteiger partial charge in [-0.25, -0.2) is 20.1 Å². The first-order valence-corrected chi connectivity index (χ1v) is 9.73. The lowest BCUT2D eigenvalue weighted by atomic mass is 10.1. The van der Waals surface area contributed by atoms with Crippen LogP contribution in [0, 0.1) is 0 Å². The summed E-state index contributed by atoms with van der Waals surface area (Å²) in [6.07, 6.45) is 3.43. The summed E-state index contributed by atoms with van der Waals surface area (Å²) < 4.78 is 5.32. The van der Waals surface area contributed by atoms with Crippen molar-refractivity contribution in [2.24, 2.45) is 0 Å². The van der Waals surface area contributed by atoms with Crippen LogP contribution < -0.4 is 5.48 Å². The molecule has 2 N–H and O–H groups in total. The van der Waals surface area contributed by atoms with Crippen LogP contribution in [-0.2, 0) is 14.4 Å². The summed E-state index contributed by atoms with van der Waals surface area (Å²) in [5, 5.41) is 9.98. The molecule has 0 aliphatic carbocycles. The summed E-state index contributed by atoms with van der Waals surface area (Å²) in [6.45, 7) is 9.38. The van der Waals surface area contributed by atoms with E-state index in [1.807, 2.05) is 20.8 Å². The van der Waals surface area contributed by atoms with Crippen molar-refractivity contribution >= 4 is 18.0 Å². The third kappa shape index (κ3) is 6.23. The normalized spacial score (nSPS) is 24.0. The first-order chi connectivity index (χ1) is 13.1. The van der Waals surface area contributed by atoms with Gasteiger partial charge in [-0.3, -0.25) is 14.8 Å². The zero-order valence-electron chi connectivity index (χ0n) is 17.1. The van der Waals surface area contributed by atoms with Crippen molar-refractivity contribution in [3.63, 3.8) is 0 Å². The van der Waals surface area contributed by atoms with Gasteiger partial charge in [0.25, 0.3) is 0 Å². The fourth-order valence-corrected chi connectivity index (χ4v) is 3.44. The van der Waals surface area contributed by atoms with Crippen molar-refractivity contribution in [1.82, 2.24) is 20.3 Å². The van der Waals surface area contributed by atoms with Gasteiger partial charge < -0.3 is 14.5 Å². The predicted molar refractivity (Wildman–Crippen MR) is 99.3 cm³/mol. The van der Waals surface area contributed by atoms with Crippen molar-refractivity contribution < 1.29 is 29.2 Å². The minimum absolute atomic E-state index is 0.0355. The summed E-state index contributed by atoms with van der Waals surface area (Å²) in [5.74, 6) is -0.253. The standard InChI is InChI=1S/C12H22N2O4.C6H10N2O2/c1-9(15)13-17-8-10-6-5-7-14(10)11(16)18-12(2,3)4;9-6-7-3-1-2-5(4-7)8(6)10/h10H,5-8H2,1-4H3,(H,13,15);5,10H,1-4H2/t10-;5-/m01/s1. The predicted octanol–water partition coefficient (Wildman–Crippen LogP) is 1.73. The van der Waals surface area contributed by atoms with E-state index in [4.69, 9.17) is 14.8 Å². The first-order valence-electron chi connectivity index (χ1n) is 9.73. The lowest BCUT2D eigenvalue weighted by Crippen LogP contribution is -2.42. The van der Waals surface area contributed by atoms with E-state index in [1.54, 1.807) is 9.80 Å². The van der Waals surface area contributed by atoms with Crippen molar-refractivity contribution in [1.29, 1.82) is 0 Å². The molecule has 0 saturated carbocycles. The van der Waals surface area contributed by atoms with Gasteiger partial charge in [-0.1, -0.05) is 0 Å². The number of amides is 4. The Balaban J connectivity index is 0.000000233. The minimum Gasteiger partial charge on any atom is -0.444 e. The van der Waals surface area contributed by atoms with Crippen LogP contribution in [0.25, 0.3) is 0 Å². The Morgan fingerprint density at radius 3 is 2.46 bits per heavy atom. The van der Waals surface area contributed by atoms with E-state index in [-0.39, 0.29) is 30.1 Å². The zero-order chi connectivity index (χ0) is 20.9. The maximum Gasteiger partial charge on any atom is 0.410 e. The van der Waals surface area contributed by atoms with E-state index < -0.39 is 5.60 Å². The number of rotatable bonds is 3. The fourth-order valence-electron chi connectivity index (χ4n) is 3.44. The Kier molecular flexibility index (Phi) is 7.48. The number of likely N-dealkylation sites (tertiary alicyclic amines) is 1. The highest BCUT2D eigenvalue weighted by molar-refractivity contribution is 5.76. The average Bonchev–Trinajstić information content (AvgIpc) is 3.14. The SMILES string of the molecule is CC(=O)NOC[C@@H]1CCCN1C(=O)OC(C)(C)C.O=C1N2CCC[C@H](C2)N1O. The Morgan fingerprint density at radius 2 is 1.89 bits per heavy atom. The number of nitrogens with one attached hydrogen (secondary N) is 1. The number of carbonyl (C=O) groups excluding carboxylic acids is 3. The minimum atomic E-state index is -0.497. The smallest absolute Gasteiger partial charge is 0.410 e. The van der Waals surface area contributed by atoms with E-state index >= 15 is 0 Å². The molecule has 0 aromatic rings. The molecule has 3 aliphatic rings.